The Balaban J connectivity index is 2.36. The molecule has 19 heavy (non-hydrogen) atoms. The van der Waals surface area contributed by atoms with Crippen LogP contribution in [0, 0.1) is 17.0 Å². The number of carbonyl (C=O) groups is 1. The molecule has 2 aromatic rings. The summed E-state index contributed by atoms with van der Waals surface area (Å²) in [6.45, 7) is 1.74. The Kier molecular flexibility index (Phi) is 3.48. The van der Waals surface area contributed by atoms with E-state index in [0.717, 1.165) is 5.56 Å². The molecule has 1 aromatic heterocycles. The highest BCUT2D eigenvalue weighted by molar-refractivity contribution is 6.31. The summed E-state index contributed by atoms with van der Waals surface area (Å²) in [5, 5.41) is 20.0. The van der Waals surface area contributed by atoms with Gasteiger partial charge in [0.2, 0.25) is 0 Å². The van der Waals surface area contributed by atoms with Crippen LogP contribution in [0.25, 0.3) is 0 Å². The molecular formula is C11H9ClN4O3. The average molecular weight is 281 g/mol. The number of carbonyl (C=O) groups excluding carboxylic acids is 1. The lowest BCUT2D eigenvalue weighted by molar-refractivity contribution is -0.385. The van der Waals surface area contributed by atoms with E-state index in [1.165, 1.54) is 24.4 Å². The number of nitro groups is 1. The molecule has 1 aromatic carbocycles. The molecule has 1 heterocycles. The number of hydrogen-bond donors (Lipinski definition) is 2. The fraction of sp³-hybridized carbons (Fsp3) is 0.0909. The topological polar surface area (TPSA) is 101 Å². The third kappa shape index (κ3) is 2.71. The van der Waals surface area contributed by atoms with Gasteiger partial charge in [0.25, 0.3) is 11.6 Å². The first-order chi connectivity index (χ1) is 8.99. The van der Waals surface area contributed by atoms with Crippen molar-refractivity contribution in [3.8, 4) is 0 Å². The van der Waals surface area contributed by atoms with Crippen molar-refractivity contribution in [2.45, 2.75) is 6.92 Å². The molecule has 0 saturated carbocycles. The molecule has 0 aliphatic carbocycles. The van der Waals surface area contributed by atoms with Crippen LogP contribution in [0.1, 0.15) is 15.9 Å². The number of anilines is 1. The van der Waals surface area contributed by atoms with Gasteiger partial charge in [-0.2, -0.15) is 5.10 Å². The van der Waals surface area contributed by atoms with E-state index in [1.807, 2.05) is 0 Å². The van der Waals surface area contributed by atoms with Gasteiger partial charge < -0.3 is 5.32 Å². The smallest absolute Gasteiger partial charge is 0.282 e. The predicted octanol–water partition coefficient (Wildman–Crippen LogP) is 2.53. The highest BCUT2D eigenvalue weighted by atomic mass is 35.5. The van der Waals surface area contributed by atoms with E-state index >= 15 is 0 Å². The number of amides is 1. The molecule has 0 saturated heterocycles. The minimum absolute atomic E-state index is 0.105. The van der Waals surface area contributed by atoms with Gasteiger partial charge >= 0.3 is 0 Å². The molecule has 0 spiro atoms. The molecule has 98 valence electrons. The van der Waals surface area contributed by atoms with Crippen LogP contribution in [-0.2, 0) is 0 Å². The molecule has 2 rings (SSSR count). The normalized spacial score (nSPS) is 10.2. The second-order valence-electron chi connectivity index (χ2n) is 3.80. The van der Waals surface area contributed by atoms with Gasteiger partial charge in [-0.05, 0) is 19.1 Å². The van der Waals surface area contributed by atoms with Crippen LogP contribution in [0.5, 0.6) is 0 Å². The zero-order valence-electron chi connectivity index (χ0n) is 9.81. The van der Waals surface area contributed by atoms with Crippen LogP contribution >= 0.6 is 11.6 Å². The summed E-state index contributed by atoms with van der Waals surface area (Å²) in [6, 6.07) is 3.80. The van der Waals surface area contributed by atoms with Crippen molar-refractivity contribution in [1.82, 2.24) is 10.2 Å². The second kappa shape index (κ2) is 5.07. The molecular weight excluding hydrogens is 272 g/mol. The number of nitrogens with zero attached hydrogens (tertiary/aromatic N) is 2. The molecule has 0 unspecified atom stereocenters. The first-order valence-electron chi connectivity index (χ1n) is 5.24. The molecule has 2 N–H and O–H groups in total. The van der Waals surface area contributed by atoms with E-state index in [4.69, 9.17) is 11.6 Å². The van der Waals surface area contributed by atoms with Crippen molar-refractivity contribution < 1.29 is 9.72 Å². The number of benzene rings is 1. The van der Waals surface area contributed by atoms with E-state index in [-0.39, 0.29) is 16.3 Å². The Labute approximate surface area is 112 Å². The van der Waals surface area contributed by atoms with Crippen molar-refractivity contribution in [2.24, 2.45) is 0 Å². The van der Waals surface area contributed by atoms with Crippen molar-refractivity contribution in [3.63, 3.8) is 0 Å². The zero-order chi connectivity index (χ0) is 14.0. The predicted molar refractivity (Wildman–Crippen MR) is 69.4 cm³/mol. The lowest BCUT2D eigenvalue weighted by Gasteiger charge is -2.05. The number of aromatic amines is 1. The number of aromatic nitrogens is 2. The highest BCUT2D eigenvalue weighted by Crippen LogP contribution is 2.23. The number of nitro benzene ring substituents is 1. The van der Waals surface area contributed by atoms with E-state index in [9.17, 15) is 14.9 Å². The molecule has 0 fully saturated rings. The number of hydrogen-bond acceptors (Lipinski definition) is 4. The van der Waals surface area contributed by atoms with Crippen molar-refractivity contribution in [3.05, 3.63) is 50.7 Å². The number of H-pyrrole nitrogens is 1. The van der Waals surface area contributed by atoms with Gasteiger partial charge in [0.1, 0.15) is 11.4 Å². The lowest BCUT2D eigenvalue weighted by atomic mass is 10.1. The van der Waals surface area contributed by atoms with Gasteiger partial charge in [0, 0.05) is 16.7 Å². The Hall–Kier alpha value is -2.41. The summed E-state index contributed by atoms with van der Waals surface area (Å²) in [7, 11) is 0. The summed E-state index contributed by atoms with van der Waals surface area (Å²) in [5.41, 5.74) is 0.309. The summed E-state index contributed by atoms with van der Waals surface area (Å²) in [6.07, 6.45) is 1.53. The minimum atomic E-state index is -0.634. The van der Waals surface area contributed by atoms with E-state index in [2.05, 4.69) is 15.5 Å². The summed E-state index contributed by atoms with van der Waals surface area (Å²) < 4.78 is 0. The summed E-state index contributed by atoms with van der Waals surface area (Å²) in [4.78, 5) is 22.3. The molecule has 0 aliphatic rings. The third-order valence-electron chi connectivity index (χ3n) is 2.47. The Morgan fingerprint density at radius 1 is 1.53 bits per heavy atom. The van der Waals surface area contributed by atoms with Gasteiger partial charge in [-0.1, -0.05) is 11.6 Å². The van der Waals surface area contributed by atoms with Crippen LogP contribution in [0.4, 0.5) is 11.5 Å². The van der Waals surface area contributed by atoms with E-state index in [0.29, 0.717) is 5.82 Å². The SMILES string of the molecule is Cc1cn[nH]c1NC(=O)c1cc(Cl)ccc1[N+](=O)[O-]. The molecule has 0 bridgehead atoms. The maximum atomic E-state index is 12.0. The summed E-state index contributed by atoms with van der Waals surface area (Å²) >= 11 is 5.76. The first kappa shape index (κ1) is 13.0. The van der Waals surface area contributed by atoms with Crippen LogP contribution in [0.3, 0.4) is 0 Å². The fourth-order valence-electron chi connectivity index (χ4n) is 1.50. The molecule has 1 amide bonds. The minimum Gasteiger partial charge on any atom is -0.307 e. The van der Waals surface area contributed by atoms with Crippen molar-refractivity contribution >= 4 is 29.0 Å². The highest BCUT2D eigenvalue weighted by Gasteiger charge is 2.21. The number of nitrogens with one attached hydrogen (secondary N) is 2. The standard InChI is InChI=1S/C11H9ClN4O3/c1-6-5-13-15-10(6)14-11(17)8-4-7(12)2-3-9(8)16(18)19/h2-5H,1H3,(H2,13,14,15,17). The molecule has 0 aliphatic heterocycles. The van der Waals surface area contributed by atoms with E-state index in [1.54, 1.807) is 6.92 Å². The van der Waals surface area contributed by atoms with Crippen LogP contribution < -0.4 is 5.32 Å². The summed E-state index contributed by atoms with van der Waals surface area (Å²) in [5.74, 6) is -0.235. The Morgan fingerprint density at radius 3 is 2.84 bits per heavy atom. The van der Waals surface area contributed by atoms with Crippen LogP contribution in [0.15, 0.2) is 24.4 Å². The lowest BCUT2D eigenvalue weighted by Crippen LogP contribution is -2.14. The molecule has 0 radical (unpaired) electrons. The van der Waals surface area contributed by atoms with Crippen LogP contribution in [-0.4, -0.2) is 21.0 Å². The number of rotatable bonds is 3. The number of halogens is 1. The van der Waals surface area contributed by atoms with Gasteiger partial charge in [0.05, 0.1) is 11.1 Å². The van der Waals surface area contributed by atoms with Crippen LogP contribution in [0.2, 0.25) is 5.02 Å². The average Bonchev–Trinajstić information content (AvgIpc) is 2.74. The van der Waals surface area contributed by atoms with E-state index < -0.39 is 10.8 Å². The van der Waals surface area contributed by atoms with Gasteiger partial charge in [-0.15, -0.1) is 0 Å². The molecule has 7 nitrogen and oxygen atoms in total. The second-order valence-corrected chi connectivity index (χ2v) is 4.24. The maximum Gasteiger partial charge on any atom is 0.282 e. The van der Waals surface area contributed by atoms with Gasteiger partial charge in [-0.25, -0.2) is 0 Å². The monoisotopic (exact) mass is 280 g/mol. The van der Waals surface area contributed by atoms with Crippen molar-refractivity contribution in [2.75, 3.05) is 5.32 Å². The third-order valence-corrected chi connectivity index (χ3v) is 2.70. The number of aryl methyl sites for hydroxylation is 1. The Bertz CT molecular complexity index is 653. The maximum absolute atomic E-state index is 12.0. The molecule has 8 heteroatoms. The van der Waals surface area contributed by atoms with Gasteiger partial charge in [0.15, 0.2) is 0 Å². The zero-order valence-corrected chi connectivity index (χ0v) is 10.6. The van der Waals surface area contributed by atoms with Crippen molar-refractivity contribution in [1.29, 1.82) is 0 Å². The fourth-order valence-corrected chi connectivity index (χ4v) is 1.68. The Morgan fingerprint density at radius 2 is 2.26 bits per heavy atom. The first-order valence-corrected chi connectivity index (χ1v) is 5.62. The largest absolute Gasteiger partial charge is 0.307 e. The molecule has 0 atom stereocenters. The van der Waals surface area contributed by atoms with Gasteiger partial charge in [-0.3, -0.25) is 20.0 Å². The quantitative estimate of drug-likeness (QED) is 0.666.